The summed E-state index contributed by atoms with van der Waals surface area (Å²) in [6.45, 7) is 10.7. The number of fused-ring (bicyclic) bond motifs is 2. The minimum atomic E-state index is -0.560. The van der Waals surface area contributed by atoms with Crippen LogP contribution in [0.2, 0.25) is 0 Å². The van der Waals surface area contributed by atoms with Crippen molar-refractivity contribution >= 4 is 39.5 Å². The molecule has 0 fully saturated rings. The highest BCUT2D eigenvalue weighted by molar-refractivity contribution is 5.92. The first kappa shape index (κ1) is 36.7. The Morgan fingerprint density at radius 2 is 0.865 bits per heavy atom. The zero-order chi connectivity index (χ0) is 36.7. The molecule has 12 nitrogen and oxygen atoms in total. The maximum absolute atomic E-state index is 11.5. The van der Waals surface area contributed by atoms with Crippen LogP contribution in [-0.2, 0) is 41.4 Å². The maximum atomic E-state index is 11.5. The largest absolute Gasteiger partial charge is 0.489 e. The average molecular weight is 704 g/mol. The minimum absolute atomic E-state index is 0.0149. The lowest BCUT2D eigenvalue weighted by atomic mass is 10.0. The maximum Gasteiger partial charge on any atom is 0.330 e. The van der Waals surface area contributed by atoms with Gasteiger partial charge in [-0.2, -0.15) is 9.97 Å². The minimum Gasteiger partial charge on any atom is -0.489 e. The number of hydrogen-bond donors (Lipinski definition) is 0. The Bertz CT molecular complexity index is 1970. The van der Waals surface area contributed by atoms with Gasteiger partial charge in [0.2, 0.25) is 0 Å². The fourth-order valence-corrected chi connectivity index (χ4v) is 5.28. The van der Waals surface area contributed by atoms with Gasteiger partial charge in [0.25, 0.3) is 0 Å². The number of ether oxygens (including phenoxy) is 6. The number of esters is 3. The smallest absolute Gasteiger partial charge is 0.330 e. The molecule has 52 heavy (non-hydrogen) atoms. The fourth-order valence-electron chi connectivity index (χ4n) is 5.28. The van der Waals surface area contributed by atoms with Crippen LogP contribution in [0.25, 0.3) is 21.5 Å². The molecular weight excluding hydrogens is 666 g/mol. The molecule has 12 heteroatoms. The number of carbonyl (C=O) groups is 3. The molecule has 1 heterocycles. The van der Waals surface area contributed by atoms with Gasteiger partial charge in [0.1, 0.15) is 62.8 Å². The molecule has 0 aliphatic heterocycles. The van der Waals surface area contributed by atoms with Crippen molar-refractivity contribution in [2.24, 2.45) is 0 Å². The molecule has 0 radical (unpaired) electrons. The topological polar surface area (TPSA) is 145 Å². The molecule has 0 amide bonds. The highest BCUT2D eigenvalue weighted by atomic mass is 16.6. The Morgan fingerprint density at radius 3 is 1.27 bits per heavy atom. The second-order valence-corrected chi connectivity index (χ2v) is 11.0. The summed E-state index contributed by atoms with van der Waals surface area (Å²) in [5.41, 5.74) is 1.88. The molecule has 5 rings (SSSR count). The number of hydrogen-bond acceptors (Lipinski definition) is 12. The number of carbonyl (C=O) groups excluding carboxylic acids is 3. The zero-order valence-corrected chi connectivity index (χ0v) is 28.5. The number of benzene rings is 4. The lowest BCUT2D eigenvalue weighted by Gasteiger charge is -2.14. The van der Waals surface area contributed by atoms with Gasteiger partial charge in [-0.1, -0.05) is 80.4 Å². The van der Waals surface area contributed by atoms with E-state index in [0.717, 1.165) is 50.9 Å². The molecule has 0 aliphatic carbocycles. The van der Waals surface area contributed by atoms with Crippen LogP contribution in [0, 0.1) is 0 Å². The van der Waals surface area contributed by atoms with Crippen molar-refractivity contribution in [3.8, 4) is 17.5 Å². The summed E-state index contributed by atoms with van der Waals surface area (Å²) in [6, 6.07) is 23.3. The molecule has 1 aromatic heterocycles. The van der Waals surface area contributed by atoms with Gasteiger partial charge in [-0.15, -0.1) is 0 Å². The SMILES string of the molecule is C=CC(=O)OCCOc1nc(Cc2ccc(OCCOC(=O)C=C)c3ccccc23)nc(Cc2ccc(OCCOC(=O)C=C)c3ccccc23)n1. The molecule has 0 atom stereocenters. The van der Waals surface area contributed by atoms with Gasteiger partial charge in [0.05, 0.1) is 0 Å². The van der Waals surface area contributed by atoms with Crippen molar-refractivity contribution in [2.75, 3.05) is 39.6 Å². The number of aromatic nitrogens is 3. The van der Waals surface area contributed by atoms with E-state index in [1.54, 1.807) is 0 Å². The average Bonchev–Trinajstić information content (AvgIpc) is 3.17. The van der Waals surface area contributed by atoms with Crippen LogP contribution in [0.5, 0.6) is 17.5 Å². The van der Waals surface area contributed by atoms with Crippen LogP contribution in [0.1, 0.15) is 22.8 Å². The first-order valence-corrected chi connectivity index (χ1v) is 16.4. The van der Waals surface area contributed by atoms with Gasteiger partial charge in [-0.05, 0) is 34.0 Å². The molecule has 0 aliphatic rings. The summed E-state index contributed by atoms with van der Waals surface area (Å²) in [6.07, 6.45) is 3.98. The molecule has 0 N–H and O–H groups in total. The highest BCUT2D eigenvalue weighted by Crippen LogP contribution is 2.31. The molecular formula is C40H37N3O9. The first-order valence-electron chi connectivity index (χ1n) is 16.4. The van der Waals surface area contributed by atoms with Gasteiger partial charge in [0.15, 0.2) is 0 Å². The highest BCUT2D eigenvalue weighted by Gasteiger charge is 2.15. The molecule has 0 saturated carbocycles. The quantitative estimate of drug-likeness (QED) is 0.0451. The summed E-state index contributed by atoms with van der Waals surface area (Å²) < 4.78 is 32.8. The van der Waals surface area contributed by atoms with E-state index >= 15 is 0 Å². The molecule has 0 saturated heterocycles. The van der Waals surface area contributed by atoms with E-state index in [2.05, 4.69) is 29.7 Å². The lowest BCUT2D eigenvalue weighted by molar-refractivity contribution is -0.139. The van der Waals surface area contributed by atoms with E-state index < -0.39 is 17.9 Å². The van der Waals surface area contributed by atoms with E-state index in [1.807, 2.05) is 72.8 Å². The third-order valence-electron chi connectivity index (χ3n) is 7.58. The van der Waals surface area contributed by atoms with Gasteiger partial charge in [-0.3, -0.25) is 0 Å². The predicted molar refractivity (Wildman–Crippen MR) is 193 cm³/mol. The van der Waals surface area contributed by atoms with Crippen LogP contribution in [-0.4, -0.2) is 72.5 Å². The third-order valence-corrected chi connectivity index (χ3v) is 7.58. The van der Waals surface area contributed by atoms with Crippen molar-refractivity contribution in [3.05, 3.63) is 134 Å². The predicted octanol–water partition coefficient (Wildman–Crippen LogP) is 5.68. The normalized spacial score (nSPS) is 10.6. The summed E-state index contributed by atoms with van der Waals surface area (Å²) in [5.74, 6) is 0.632. The van der Waals surface area contributed by atoms with Crippen molar-refractivity contribution in [1.29, 1.82) is 0 Å². The van der Waals surface area contributed by atoms with Crippen molar-refractivity contribution < 1.29 is 42.8 Å². The summed E-state index contributed by atoms with van der Waals surface area (Å²) in [5, 5.41) is 3.62. The Morgan fingerprint density at radius 1 is 0.481 bits per heavy atom. The van der Waals surface area contributed by atoms with Crippen molar-refractivity contribution in [2.45, 2.75) is 12.8 Å². The standard InChI is InChI=1S/C40H37N3O9/c1-4-37(44)49-21-19-47-33-17-15-27(29-11-7-9-13-31(29)33)25-35-41-36(43-40(42-35)52-24-23-51-39(46)6-3)26-28-16-18-34(32-14-10-8-12-30(28)32)48-20-22-50-38(45)5-2/h4-18H,1-3,19-26H2. The lowest BCUT2D eigenvalue weighted by Crippen LogP contribution is -2.14. The van der Waals surface area contributed by atoms with Crippen molar-refractivity contribution in [1.82, 2.24) is 15.0 Å². The number of nitrogens with zero attached hydrogens (tertiary/aromatic N) is 3. The molecule has 5 aromatic rings. The van der Waals surface area contributed by atoms with E-state index in [1.165, 1.54) is 0 Å². The third kappa shape index (κ3) is 10.0. The van der Waals surface area contributed by atoms with E-state index in [9.17, 15) is 14.4 Å². The van der Waals surface area contributed by atoms with E-state index in [-0.39, 0.29) is 45.7 Å². The van der Waals surface area contributed by atoms with Gasteiger partial charge in [-0.25, -0.2) is 19.4 Å². The monoisotopic (exact) mass is 703 g/mol. The van der Waals surface area contributed by atoms with E-state index in [0.29, 0.717) is 36.0 Å². The fraction of sp³-hybridized carbons (Fsp3) is 0.200. The Kier molecular flexibility index (Phi) is 13.0. The van der Waals surface area contributed by atoms with Gasteiger partial charge >= 0.3 is 23.9 Å². The van der Waals surface area contributed by atoms with Crippen LogP contribution in [0.15, 0.2) is 111 Å². The molecule has 0 unspecified atom stereocenters. The van der Waals surface area contributed by atoms with Gasteiger partial charge in [0, 0.05) is 41.8 Å². The summed E-state index contributed by atoms with van der Waals surface area (Å²) in [7, 11) is 0. The second-order valence-electron chi connectivity index (χ2n) is 11.0. The van der Waals surface area contributed by atoms with Crippen LogP contribution < -0.4 is 14.2 Å². The molecule has 4 aromatic carbocycles. The zero-order valence-electron chi connectivity index (χ0n) is 28.5. The second kappa shape index (κ2) is 18.4. The Hall–Kier alpha value is -6.56. The van der Waals surface area contributed by atoms with Crippen LogP contribution in [0.4, 0.5) is 0 Å². The Labute approximate surface area is 300 Å². The first-order chi connectivity index (χ1) is 25.4. The molecule has 0 spiro atoms. The Balaban J connectivity index is 1.40. The van der Waals surface area contributed by atoms with E-state index in [4.69, 9.17) is 33.4 Å². The number of rotatable bonds is 19. The summed E-state index contributed by atoms with van der Waals surface area (Å²) in [4.78, 5) is 48.4. The van der Waals surface area contributed by atoms with Crippen molar-refractivity contribution in [3.63, 3.8) is 0 Å². The molecule has 266 valence electrons. The van der Waals surface area contributed by atoms with Crippen LogP contribution in [0.3, 0.4) is 0 Å². The van der Waals surface area contributed by atoms with Crippen LogP contribution >= 0.6 is 0 Å². The van der Waals surface area contributed by atoms with Gasteiger partial charge < -0.3 is 28.4 Å². The molecule has 0 bridgehead atoms. The summed E-state index contributed by atoms with van der Waals surface area (Å²) >= 11 is 0.